The van der Waals surface area contributed by atoms with E-state index >= 15 is 0 Å². The third-order valence-electron chi connectivity index (χ3n) is 1.88. The highest BCUT2D eigenvalue weighted by molar-refractivity contribution is 5.46. The molecule has 1 aromatic heterocycles. The van der Waals surface area contributed by atoms with Crippen LogP contribution >= 0.6 is 0 Å². The van der Waals surface area contributed by atoms with E-state index in [-0.39, 0.29) is 0 Å². The Kier molecular flexibility index (Phi) is 2.20. The maximum atomic E-state index is 8.61. The zero-order valence-corrected chi connectivity index (χ0v) is 7.51. The molecule has 0 saturated carbocycles. The Morgan fingerprint density at radius 2 is 1.71 bits per heavy atom. The van der Waals surface area contributed by atoms with Gasteiger partial charge in [0.25, 0.3) is 0 Å². The van der Waals surface area contributed by atoms with Crippen LogP contribution in [0.2, 0.25) is 0 Å². The van der Waals surface area contributed by atoms with Gasteiger partial charge in [0.05, 0.1) is 17.3 Å². The minimum absolute atomic E-state index is 0.669. The Labute approximate surface area is 82.2 Å². The normalized spacial score (nSPS) is 9.36. The summed E-state index contributed by atoms with van der Waals surface area (Å²) in [5, 5.41) is 8.61. The Bertz CT molecular complexity index is 434. The molecule has 0 atom stereocenters. The van der Waals surface area contributed by atoms with Gasteiger partial charge in [-0.25, -0.2) is 0 Å². The van der Waals surface area contributed by atoms with Crippen LogP contribution in [0.15, 0.2) is 48.8 Å². The second-order valence-electron chi connectivity index (χ2n) is 2.89. The van der Waals surface area contributed by atoms with Gasteiger partial charge in [-0.15, -0.1) is 0 Å². The van der Waals surface area contributed by atoms with Crippen LogP contribution in [0.3, 0.4) is 0 Å². The highest BCUT2D eigenvalue weighted by Gasteiger charge is 1.92. The van der Waals surface area contributed by atoms with Crippen molar-refractivity contribution in [3.63, 3.8) is 0 Å². The molecule has 3 nitrogen and oxygen atoms in total. The van der Waals surface area contributed by atoms with Crippen molar-refractivity contribution in [2.75, 3.05) is 5.43 Å². The summed E-state index contributed by atoms with van der Waals surface area (Å²) in [4.78, 5) is 0. The lowest BCUT2D eigenvalue weighted by Gasteiger charge is -2.06. The number of anilines is 1. The van der Waals surface area contributed by atoms with Gasteiger partial charge >= 0.3 is 0 Å². The molecule has 1 N–H and O–H groups in total. The number of hydrogen-bond donors (Lipinski definition) is 1. The van der Waals surface area contributed by atoms with E-state index < -0.39 is 0 Å². The average molecular weight is 183 g/mol. The summed E-state index contributed by atoms with van der Waals surface area (Å²) in [6.45, 7) is 0. The monoisotopic (exact) mass is 183 g/mol. The quantitative estimate of drug-likeness (QED) is 0.775. The molecule has 1 heterocycles. The summed E-state index contributed by atoms with van der Waals surface area (Å²) in [5.41, 5.74) is 4.77. The molecule has 68 valence electrons. The molecule has 0 unspecified atom stereocenters. The van der Waals surface area contributed by atoms with Crippen molar-refractivity contribution in [2.45, 2.75) is 0 Å². The van der Waals surface area contributed by atoms with Crippen molar-refractivity contribution >= 4 is 5.69 Å². The standard InChI is InChI=1S/C11H9N3/c12-9-10-3-5-11(6-4-10)13-14-7-1-2-8-14/h1-8,13H. The van der Waals surface area contributed by atoms with Crippen LogP contribution < -0.4 is 5.43 Å². The molecule has 0 aliphatic rings. The van der Waals surface area contributed by atoms with Crippen LogP contribution in [0.25, 0.3) is 0 Å². The molecule has 3 heteroatoms. The second-order valence-corrected chi connectivity index (χ2v) is 2.89. The number of nitrogens with zero attached hydrogens (tertiary/aromatic N) is 2. The summed E-state index contributed by atoms with van der Waals surface area (Å²) in [6, 6.07) is 13.3. The first kappa shape index (κ1) is 8.39. The van der Waals surface area contributed by atoms with Crippen molar-refractivity contribution in [1.29, 1.82) is 5.26 Å². The third kappa shape index (κ3) is 1.75. The number of nitrogens with one attached hydrogen (secondary N) is 1. The molecule has 0 aliphatic heterocycles. The summed E-state index contributed by atoms with van der Waals surface area (Å²) in [6.07, 6.45) is 3.83. The van der Waals surface area contributed by atoms with E-state index in [0.717, 1.165) is 5.69 Å². The lowest BCUT2D eigenvalue weighted by molar-refractivity contribution is 0.971. The number of aromatic nitrogens is 1. The van der Waals surface area contributed by atoms with Crippen molar-refractivity contribution < 1.29 is 0 Å². The van der Waals surface area contributed by atoms with Gasteiger partial charge in [-0.2, -0.15) is 5.26 Å². The van der Waals surface area contributed by atoms with Crippen LogP contribution in [-0.4, -0.2) is 4.68 Å². The molecule has 2 rings (SSSR count). The number of rotatable bonds is 2. The van der Waals surface area contributed by atoms with Crippen LogP contribution in [-0.2, 0) is 0 Å². The minimum atomic E-state index is 0.669. The van der Waals surface area contributed by atoms with Crippen molar-refractivity contribution in [3.05, 3.63) is 54.4 Å². The Hall–Kier alpha value is -2.21. The molecule has 0 bridgehead atoms. The molecule has 2 aromatic rings. The van der Waals surface area contributed by atoms with Gasteiger partial charge in [0, 0.05) is 12.4 Å². The smallest absolute Gasteiger partial charge is 0.0991 e. The summed E-state index contributed by atoms with van der Waals surface area (Å²) in [7, 11) is 0. The van der Waals surface area contributed by atoms with E-state index in [0.29, 0.717) is 5.56 Å². The number of hydrogen-bond acceptors (Lipinski definition) is 2. The first-order valence-corrected chi connectivity index (χ1v) is 4.28. The molecule has 14 heavy (non-hydrogen) atoms. The fraction of sp³-hybridized carbons (Fsp3) is 0. The van der Waals surface area contributed by atoms with Gasteiger partial charge < -0.3 is 0 Å². The van der Waals surface area contributed by atoms with Crippen molar-refractivity contribution in [2.24, 2.45) is 0 Å². The van der Waals surface area contributed by atoms with Gasteiger partial charge in [0.2, 0.25) is 0 Å². The van der Waals surface area contributed by atoms with E-state index in [9.17, 15) is 0 Å². The molecular formula is C11H9N3. The van der Waals surface area contributed by atoms with Gasteiger partial charge in [-0.05, 0) is 36.4 Å². The Morgan fingerprint density at radius 3 is 2.29 bits per heavy atom. The Morgan fingerprint density at radius 1 is 1.07 bits per heavy atom. The highest BCUT2D eigenvalue weighted by atomic mass is 15.4. The van der Waals surface area contributed by atoms with Crippen molar-refractivity contribution in [1.82, 2.24) is 4.68 Å². The van der Waals surface area contributed by atoms with Gasteiger partial charge in [0.1, 0.15) is 0 Å². The highest BCUT2D eigenvalue weighted by Crippen LogP contribution is 2.08. The fourth-order valence-corrected chi connectivity index (χ4v) is 1.18. The molecule has 0 spiro atoms. The first-order chi connectivity index (χ1) is 6.88. The molecule has 0 radical (unpaired) electrons. The van der Waals surface area contributed by atoms with E-state index in [1.54, 1.807) is 12.1 Å². The lowest BCUT2D eigenvalue weighted by atomic mass is 10.2. The van der Waals surface area contributed by atoms with E-state index in [2.05, 4.69) is 11.5 Å². The molecule has 0 aliphatic carbocycles. The van der Waals surface area contributed by atoms with Gasteiger partial charge in [0.15, 0.2) is 0 Å². The maximum Gasteiger partial charge on any atom is 0.0991 e. The SMILES string of the molecule is N#Cc1ccc(Nn2cccc2)cc1. The van der Waals surface area contributed by atoms with Crippen LogP contribution in [0, 0.1) is 11.3 Å². The summed E-state index contributed by atoms with van der Waals surface area (Å²) >= 11 is 0. The van der Waals surface area contributed by atoms with E-state index in [4.69, 9.17) is 5.26 Å². The lowest BCUT2D eigenvalue weighted by Crippen LogP contribution is -2.05. The fourth-order valence-electron chi connectivity index (χ4n) is 1.18. The predicted molar refractivity (Wildman–Crippen MR) is 54.6 cm³/mol. The minimum Gasteiger partial charge on any atom is -0.295 e. The molecule has 1 aromatic carbocycles. The molecule has 0 amide bonds. The maximum absolute atomic E-state index is 8.61. The van der Waals surface area contributed by atoms with E-state index in [1.807, 2.05) is 41.3 Å². The average Bonchev–Trinajstić information content (AvgIpc) is 2.72. The number of nitriles is 1. The zero-order valence-electron chi connectivity index (χ0n) is 7.51. The molecule has 0 saturated heterocycles. The largest absolute Gasteiger partial charge is 0.295 e. The molecular weight excluding hydrogens is 174 g/mol. The second kappa shape index (κ2) is 3.67. The van der Waals surface area contributed by atoms with Crippen LogP contribution in [0.1, 0.15) is 5.56 Å². The van der Waals surface area contributed by atoms with Crippen LogP contribution in [0.5, 0.6) is 0 Å². The van der Waals surface area contributed by atoms with Gasteiger partial charge in [-0.1, -0.05) is 0 Å². The van der Waals surface area contributed by atoms with Gasteiger partial charge in [-0.3, -0.25) is 10.1 Å². The van der Waals surface area contributed by atoms with Crippen LogP contribution in [0.4, 0.5) is 5.69 Å². The van der Waals surface area contributed by atoms with Crippen molar-refractivity contribution in [3.8, 4) is 6.07 Å². The third-order valence-corrected chi connectivity index (χ3v) is 1.88. The zero-order chi connectivity index (χ0) is 9.80. The van der Waals surface area contributed by atoms with E-state index in [1.165, 1.54) is 0 Å². The molecule has 0 fully saturated rings. The first-order valence-electron chi connectivity index (χ1n) is 4.28. The summed E-state index contributed by atoms with van der Waals surface area (Å²) < 4.78 is 1.85. The predicted octanol–water partition coefficient (Wildman–Crippen LogP) is 2.23. The number of benzene rings is 1. The summed E-state index contributed by atoms with van der Waals surface area (Å²) in [5.74, 6) is 0. The Balaban J connectivity index is 2.15. The topological polar surface area (TPSA) is 40.8 Å².